The number of rotatable bonds is 6. The second-order valence-electron chi connectivity index (χ2n) is 4.35. The lowest BCUT2D eigenvalue weighted by Crippen LogP contribution is -2.20. The first-order valence-corrected chi connectivity index (χ1v) is 6.08. The van der Waals surface area contributed by atoms with E-state index in [1.165, 1.54) is 6.07 Å². The highest BCUT2D eigenvalue weighted by molar-refractivity contribution is 5.60. The van der Waals surface area contributed by atoms with Crippen LogP contribution < -0.4 is 10.2 Å². The number of aromatic nitrogens is 1. The number of hydrogen-bond acceptors (Lipinski definition) is 5. The minimum atomic E-state index is -0.406. The van der Waals surface area contributed by atoms with Crippen molar-refractivity contribution in [2.24, 2.45) is 0 Å². The van der Waals surface area contributed by atoms with E-state index in [4.69, 9.17) is 0 Å². The normalized spacial score (nSPS) is 10.5. The molecule has 6 nitrogen and oxygen atoms in total. The summed E-state index contributed by atoms with van der Waals surface area (Å²) in [6, 6.07) is 3.34. The molecular weight excluding hydrogens is 232 g/mol. The molecule has 0 fully saturated rings. The zero-order valence-electron chi connectivity index (χ0n) is 11.3. The molecule has 0 aliphatic heterocycles. The third-order valence-electron chi connectivity index (χ3n) is 2.84. The van der Waals surface area contributed by atoms with Gasteiger partial charge in [-0.05, 0) is 18.9 Å². The summed E-state index contributed by atoms with van der Waals surface area (Å²) in [7, 11) is 3.71. The average molecular weight is 252 g/mol. The molecule has 0 aliphatic carbocycles. The predicted molar refractivity (Wildman–Crippen MR) is 73.2 cm³/mol. The van der Waals surface area contributed by atoms with Crippen molar-refractivity contribution in [1.82, 2.24) is 4.98 Å². The van der Waals surface area contributed by atoms with Gasteiger partial charge in [0, 0.05) is 26.2 Å². The van der Waals surface area contributed by atoms with Crippen LogP contribution in [-0.2, 0) is 0 Å². The Labute approximate surface area is 107 Å². The first-order valence-electron chi connectivity index (χ1n) is 6.08. The van der Waals surface area contributed by atoms with E-state index in [1.807, 2.05) is 32.8 Å². The van der Waals surface area contributed by atoms with Crippen molar-refractivity contribution < 1.29 is 4.92 Å². The Morgan fingerprint density at radius 1 is 1.39 bits per heavy atom. The Morgan fingerprint density at radius 2 is 2.00 bits per heavy atom. The topological polar surface area (TPSA) is 71.3 Å². The molecule has 0 atom stereocenters. The predicted octanol–water partition coefficient (Wildman–Crippen LogP) is 2.66. The van der Waals surface area contributed by atoms with Gasteiger partial charge in [0.05, 0.1) is 4.92 Å². The Kier molecular flexibility index (Phi) is 4.88. The molecule has 6 heteroatoms. The van der Waals surface area contributed by atoms with E-state index in [2.05, 4.69) is 10.3 Å². The molecule has 18 heavy (non-hydrogen) atoms. The SMILES string of the molecule is CCC(CC)Nc1nc(N(C)C)ccc1[N+](=O)[O-]. The Hall–Kier alpha value is -1.85. The molecule has 0 spiro atoms. The van der Waals surface area contributed by atoms with E-state index in [0.717, 1.165) is 12.8 Å². The lowest BCUT2D eigenvalue weighted by molar-refractivity contribution is -0.384. The average Bonchev–Trinajstić information content (AvgIpc) is 2.35. The fourth-order valence-corrected chi connectivity index (χ4v) is 1.63. The standard InChI is InChI=1S/C12H20N4O2/c1-5-9(6-2)13-12-10(16(17)18)7-8-11(14-12)15(3)4/h7-9H,5-6H2,1-4H3,(H,13,14). The number of nitrogens with one attached hydrogen (secondary N) is 1. The third kappa shape index (κ3) is 3.32. The van der Waals surface area contributed by atoms with Crippen LogP contribution in [0.25, 0.3) is 0 Å². The van der Waals surface area contributed by atoms with Gasteiger partial charge in [0.2, 0.25) is 5.82 Å². The van der Waals surface area contributed by atoms with Crippen molar-refractivity contribution in [1.29, 1.82) is 0 Å². The summed E-state index contributed by atoms with van der Waals surface area (Å²) >= 11 is 0. The second-order valence-corrected chi connectivity index (χ2v) is 4.35. The summed E-state index contributed by atoms with van der Waals surface area (Å²) in [4.78, 5) is 16.7. The molecule has 0 aliphatic rings. The van der Waals surface area contributed by atoms with Gasteiger partial charge in [0.1, 0.15) is 5.82 Å². The highest BCUT2D eigenvalue weighted by Crippen LogP contribution is 2.26. The maximum Gasteiger partial charge on any atom is 0.311 e. The number of hydrogen-bond donors (Lipinski definition) is 1. The molecule has 1 rings (SSSR count). The van der Waals surface area contributed by atoms with Crippen molar-refractivity contribution >= 4 is 17.3 Å². The van der Waals surface area contributed by atoms with Gasteiger partial charge in [-0.15, -0.1) is 0 Å². The number of anilines is 2. The fraction of sp³-hybridized carbons (Fsp3) is 0.583. The summed E-state index contributed by atoms with van der Waals surface area (Å²) < 4.78 is 0. The molecule has 1 heterocycles. The van der Waals surface area contributed by atoms with Crippen molar-refractivity contribution in [2.45, 2.75) is 32.7 Å². The van der Waals surface area contributed by atoms with Crippen molar-refractivity contribution in [2.75, 3.05) is 24.3 Å². The summed E-state index contributed by atoms with van der Waals surface area (Å²) in [6.07, 6.45) is 1.81. The quantitative estimate of drug-likeness (QED) is 0.622. The van der Waals surface area contributed by atoms with Gasteiger partial charge in [-0.25, -0.2) is 4.98 Å². The van der Waals surface area contributed by atoms with E-state index >= 15 is 0 Å². The van der Waals surface area contributed by atoms with E-state index in [0.29, 0.717) is 11.6 Å². The van der Waals surface area contributed by atoms with Crippen LogP contribution in [0, 0.1) is 10.1 Å². The molecule has 0 bridgehead atoms. The molecule has 0 saturated heterocycles. The van der Waals surface area contributed by atoms with Gasteiger partial charge in [-0.1, -0.05) is 13.8 Å². The van der Waals surface area contributed by atoms with E-state index in [1.54, 1.807) is 6.07 Å². The highest BCUT2D eigenvalue weighted by atomic mass is 16.6. The van der Waals surface area contributed by atoms with Crippen LogP contribution in [0.15, 0.2) is 12.1 Å². The van der Waals surface area contributed by atoms with E-state index in [9.17, 15) is 10.1 Å². The van der Waals surface area contributed by atoms with Gasteiger partial charge in [-0.3, -0.25) is 10.1 Å². The van der Waals surface area contributed by atoms with Crippen molar-refractivity contribution in [3.05, 3.63) is 22.2 Å². The first-order chi connectivity index (χ1) is 8.49. The molecule has 1 aromatic heterocycles. The molecule has 0 amide bonds. The number of pyridine rings is 1. The summed E-state index contributed by atoms with van der Waals surface area (Å²) in [5.74, 6) is 1.05. The Morgan fingerprint density at radius 3 is 2.44 bits per heavy atom. The molecule has 0 radical (unpaired) electrons. The maximum atomic E-state index is 11.0. The van der Waals surface area contributed by atoms with Crippen LogP contribution in [0.1, 0.15) is 26.7 Å². The smallest absolute Gasteiger partial charge is 0.311 e. The van der Waals surface area contributed by atoms with E-state index in [-0.39, 0.29) is 11.7 Å². The minimum Gasteiger partial charge on any atom is -0.363 e. The summed E-state index contributed by atoms with van der Waals surface area (Å²) in [5.41, 5.74) is 0.0208. The van der Waals surface area contributed by atoms with Gasteiger partial charge < -0.3 is 10.2 Å². The zero-order chi connectivity index (χ0) is 13.7. The third-order valence-corrected chi connectivity index (χ3v) is 2.84. The van der Waals surface area contributed by atoms with Gasteiger partial charge in [-0.2, -0.15) is 0 Å². The van der Waals surface area contributed by atoms with E-state index < -0.39 is 4.92 Å². The second kappa shape index (κ2) is 6.18. The first kappa shape index (κ1) is 14.2. The molecule has 1 aromatic rings. The minimum absolute atomic E-state index is 0.0208. The Balaban J connectivity index is 3.10. The molecule has 1 N–H and O–H groups in total. The lowest BCUT2D eigenvalue weighted by atomic mass is 10.2. The van der Waals surface area contributed by atoms with Crippen molar-refractivity contribution in [3.8, 4) is 0 Å². The van der Waals surface area contributed by atoms with Gasteiger partial charge in [0.15, 0.2) is 0 Å². The molecular formula is C12H20N4O2. The lowest BCUT2D eigenvalue weighted by Gasteiger charge is -2.17. The molecule has 0 unspecified atom stereocenters. The van der Waals surface area contributed by atoms with Crippen LogP contribution in [0.3, 0.4) is 0 Å². The van der Waals surface area contributed by atoms with Crippen LogP contribution in [-0.4, -0.2) is 30.0 Å². The number of nitrogens with zero attached hydrogens (tertiary/aromatic N) is 3. The maximum absolute atomic E-state index is 11.0. The van der Waals surface area contributed by atoms with Crippen LogP contribution in [0.5, 0.6) is 0 Å². The van der Waals surface area contributed by atoms with Crippen LogP contribution >= 0.6 is 0 Å². The fourth-order valence-electron chi connectivity index (χ4n) is 1.63. The highest BCUT2D eigenvalue weighted by Gasteiger charge is 2.18. The summed E-state index contributed by atoms with van der Waals surface area (Å²) in [5, 5.41) is 14.1. The molecule has 0 aromatic carbocycles. The van der Waals surface area contributed by atoms with Crippen LogP contribution in [0.4, 0.5) is 17.3 Å². The molecule has 0 saturated carbocycles. The largest absolute Gasteiger partial charge is 0.363 e. The Bertz CT molecular complexity index is 417. The van der Waals surface area contributed by atoms with Gasteiger partial charge in [0.25, 0.3) is 0 Å². The van der Waals surface area contributed by atoms with Gasteiger partial charge >= 0.3 is 5.69 Å². The van der Waals surface area contributed by atoms with Crippen LogP contribution in [0.2, 0.25) is 0 Å². The molecule has 100 valence electrons. The summed E-state index contributed by atoms with van der Waals surface area (Å²) in [6.45, 7) is 4.09. The van der Waals surface area contributed by atoms with Crippen molar-refractivity contribution in [3.63, 3.8) is 0 Å². The number of nitro groups is 1. The monoisotopic (exact) mass is 252 g/mol. The zero-order valence-corrected chi connectivity index (χ0v) is 11.3.